The smallest absolute Gasteiger partial charge is 0.134 e. The van der Waals surface area contributed by atoms with E-state index in [1.54, 1.807) is 0 Å². The summed E-state index contributed by atoms with van der Waals surface area (Å²) in [6.07, 6.45) is 3.81. The molecule has 28 heavy (non-hydrogen) atoms. The van der Waals surface area contributed by atoms with Gasteiger partial charge in [0.2, 0.25) is 0 Å². The summed E-state index contributed by atoms with van der Waals surface area (Å²) in [5.41, 5.74) is 5.31. The summed E-state index contributed by atoms with van der Waals surface area (Å²) in [5.74, 6) is 0. The molecule has 0 unspecified atom stereocenters. The molecule has 142 valence electrons. The van der Waals surface area contributed by atoms with E-state index in [4.69, 9.17) is 0 Å². The molecule has 0 aliphatic carbocycles. The Kier molecular flexibility index (Phi) is 4.77. The lowest BCUT2D eigenvalue weighted by molar-refractivity contribution is 0.589. The predicted octanol–water partition coefficient (Wildman–Crippen LogP) is 3.93. The Morgan fingerprint density at radius 1 is 0.679 bits per heavy atom. The lowest BCUT2D eigenvalue weighted by atomic mass is 9.87. The Balaban J connectivity index is 1.44. The summed E-state index contributed by atoms with van der Waals surface area (Å²) in [5, 5.41) is 16.9. The standard InChI is InChI=1S/C22H24N6/c1-22(2,3)19-11-9-18(10-12-19)14-28-16-21(24-26-28)20-15-27(25-23-20)13-17-7-5-4-6-8-17/h4-12,15-16H,13-14H2,1-3H3. The van der Waals surface area contributed by atoms with Gasteiger partial charge < -0.3 is 0 Å². The molecular weight excluding hydrogens is 348 g/mol. The summed E-state index contributed by atoms with van der Waals surface area (Å²) in [6.45, 7) is 8.02. The van der Waals surface area contributed by atoms with E-state index in [9.17, 15) is 0 Å². The van der Waals surface area contributed by atoms with Crippen molar-refractivity contribution in [2.45, 2.75) is 39.3 Å². The van der Waals surface area contributed by atoms with E-state index < -0.39 is 0 Å². The molecule has 0 amide bonds. The third-order valence-corrected chi connectivity index (χ3v) is 4.69. The van der Waals surface area contributed by atoms with E-state index in [2.05, 4.69) is 77.8 Å². The van der Waals surface area contributed by atoms with Gasteiger partial charge >= 0.3 is 0 Å². The monoisotopic (exact) mass is 372 g/mol. The highest BCUT2D eigenvalue weighted by molar-refractivity contribution is 5.49. The van der Waals surface area contributed by atoms with Crippen LogP contribution in [0.15, 0.2) is 67.0 Å². The molecule has 0 bridgehead atoms. The quantitative estimate of drug-likeness (QED) is 0.532. The van der Waals surface area contributed by atoms with Crippen LogP contribution in [0.1, 0.15) is 37.5 Å². The van der Waals surface area contributed by atoms with Crippen LogP contribution in [-0.2, 0) is 18.5 Å². The van der Waals surface area contributed by atoms with Gasteiger partial charge in [-0.05, 0) is 22.1 Å². The van der Waals surface area contributed by atoms with Crippen LogP contribution in [0, 0.1) is 0 Å². The predicted molar refractivity (Wildman–Crippen MR) is 109 cm³/mol. The molecule has 0 radical (unpaired) electrons. The van der Waals surface area contributed by atoms with Crippen LogP contribution in [0.2, 0.25) is 0 Å². The van der Waals surface area contributed by atoms with Crippen molar-refractivity contribution in [1.29, 1.82) is 0 Å². The van der Waals surface area contributed by atoms with Crippen molar-refractivity contribution in [2.24, 2.45) is 0 Å². The number of rotatable bonds is 5. The molecule has 0 saturated carbocycles. The molecule has 0 fully saturated rings. The molecule has 2 aromatic heterocycles. The first-order valence-electron chi connectivity index (χ1n) is 9.41. The largest absolute Gasteiger partial charge is 0.247 e. The molecule has 0 spiro atoms. The van der Waals surface area contributed by atoms with Gasteiger partial charge in [-0.2, -0.15) is 0 Å². The zero-order valence-corrected chi connectivity index (χ0v) is 16.4. The number of benzene rings is 2. The highest BCUT2D eigenvalue weighted by Gasteiger charge is 2.13. The zero-order chi connectivity index (χ0) is 19.6. The van der Waals surface area contributed by atoms with E-state index in [1.165, 1.54) is 16.7 Å². The second kappa shape index (κ2) is 7.38. The maximum Gasteiger partial charge on any atom is 0.134 e. The Morgan fingerprint density at radius 2 is 1.18 bits per heavy atom. The summed E-state index contributed by atoms with van der Waals surface area (Å²) in [7, 11) is 0. The Hall–Kier alpha value is -3.28. The molecule has 0 atom stereocenters. The SMILES string of the molecule is CC(C)(C)c1ccc(Cn2cc(-c3cn(Cc4ccccc4)nn3)nn2)cc1. The first kappa shape index (κ1) is 18.1. The molecule has 0 saturated heterocycles. The van der Waals surface area contributed by atoms with Gasteiger partial charge in [-0.25, -0.2) is 9.36 Å². The topological polar surface area (TPSA) is 61.4 Å². The van der Waals surface area contributed by atoms with E-state index in [0.29, 0.717) is 13.1 Å². The molecule has 0 N–H and O–H groups in total. The minimum Gasteiger partial charge on any atom is -0.247 e. The van der Waals surface area contributed by atoms with Crippen molar-refractivity contribution in [3.05, 3.63) is 83.7 Å². The minimum absolute atomic E-state index is 0.157. The average Bonchev–Trinajstić information content (AvgIpc) is 3.32. The Labute approximate surface area is 164 Å². The van der Waals surface area contributed by atoms with Crippen LogP contribution in [-0.4, -0.2) is 30.0 Å². The number of aromatic nitrogens is 6. The first-order valence-corrected chi connectivity index (χ1v) is 9.41. The Bertz CT molecular complexity index is 1040. The van der Waals surface area contributed by atoms with Crippen LogP contribution in [0.4, 0.5) is 0 Å². The Morgan fingerprint density at radius 3 is 1.68 bits per heavy atom. The van der Waals surface area contributed by atoms with Gasteiger partial charge in [-0.1, -0.05) is 85.8 Å². The van der Waals surface area contributed by atoms with Crippen molar-refractivity contribution < 1.29 is 0 Å². The maximum absolute atomic E-state index is 4.26. The fourth-order valence-corrected chi connectivity index (χ4v) is 3.05. The highest BCUT2D eigenvalue weighted by atomic mass is 15.4. The van der Waals surface area contributed by atoms with E-state index in [0.717, 1.165) is 11.4 Å². The molecule has 2 aromatic carbocycles. The van der Waals surface area contributed by atoms with Crippen molar-refractivity contribution in [3.63, 3.8) is 0 Å². The van der Waals surface area contributed by atoms with Crippen LogP contribution < -0.4 is 0 Å². The molecule has 6 heteroatoms. The molecule has 2 heterocycles. The summed E-state index contributed by atoms with van der Waals surface area (Å²) in [4.78, 5) is 0. The van der Waals surface area contributed by atoms with E-state index >= 15 is 0 Å². The number of hydrogen-bond acceptors (Lipinski definition) is 4. The molecular formula is C22H24N6. The van der Waals surface area contributed by atoms with E-state index in [-0.39, 0.29) is 5.41 Å². The zero-order valence-electron chi connectivity index (χ0n) is 16.4. The van der Waals surface area contributed by atoms with Gasteiger partial charge in [0.1, 0.15) is 11.4 Å². The van der Waals surface area contributed by atoms with E-state index in [1.807, 2.05) is 40.0 Å². The van der Waals surface area contributed by atoms with Gasteiger partial charge in [0.25, 0.3) is 0 Å². The van der Waals surface area contributed by atoms with Gasteiger partial charge in [-0.3, -0.25) is 0 Å². The summed E-state index contributed by atoms with van der Waals surface area (Å²) in [6, 6.07) is 18.9. The van der Waals surface area contributed by atoms with Gasteiger partial charge in [0.05, 0.1) is 25.5 Å². The van der Waals surface area contributed by atoms with Crippen LogP contribution in [0.25, 0.3) is 11.4 Å². The third kappa shape index (κ3) is 4.17. The maximum atomic E-state index is 4.26. The highest BCUT2D eigenvalue weighted by Crippen LogP contribution is 2.22. The summed E-state index contributed by atoms with van der Waals surface area (Å²) < 4.78 is 3.65. The molecule has 0 aliphatic rings. The molecule has 4 rings (SSSR count). The summed E-state index contributed by atoms with van der Waals surface area (Å²) >= 11 is 0. The lowest BCUT2D eigenvalue weighted by Gasteiger charge is -2.19. The fraction of sp³-hybridized carbons (Fsp3) is 0.273. The van der Waals surface area contributed by atoms with Crippen molar-refractivity contribution >= 4 is 0 Å². The first-order chi connectivity index (χ1) is 13.5. The normalized spacial score (nSPS) is 11.7. The molecule has 6 nitrogen and oxygen atoms in total. The average molecular weight is 372 g/mol. The van der Waals surface area contributed by atoms with Crippen LogP contribution >= 0.6 is 0 Å². The van der Waals surface area contributed by atoms with Gasteiger partial charge in [0, 0.05) is 0 Å². The molecule has 0 aliphatic heterocycles. The fourth-order valence-electron chi connectivity index (χ4n) is 3.05. The third-order valence-electron chi connectivity index (χ3n) is 4.69. The number of hydrogen-bond donors (Lipinski definition) is 0. The lowest BCUT2D eigenvalue weighted by Crippen LogP contribution is -2.11. The van der Waals surface area contributed by atoms with Gasteiger partial charge in [0.15, 0.2) is 0 Å². The van der Waals surface area contributed by atoms with Crippen molar-refractivity contribution in [1.82, 2.24) is 30.0 Å². The second-order valence-corrected chi connectivity index (χ2v) is 8.04. The second-order valence-electron chi connectivity index (χ2n) is 8.04. The number of nitrogens with zero attached hydrogens (tertiary/aromatic N) is 6. The van der Waals surface area contributed by atoms with Crippen LogP contribution in [0.5, 0.6) is 0 Å². The minimum atomic E-state index is 0.157. The van der Waals surface area contributed by atoms with Gasteiger partial charge in [-0.15, -0.1) is 10.2 Å². The molecule has 4 aromatic rings. The van der Waals surface area contributed by atoms with Crippen LogP contribution in [0.3, 0.4) is 0 Å². The van der Waals surface area contributed by atoms with Crippen molar-refractivity contribution in [2.75, 3.05) is 0 Å². The van der Waals surface area contributed by atoms with Crippen molar-refractivity contribution in [3.8, 4) is 11.4 Å².